The Hall–Kier alpha value is -1.39. The number of fused-ring (bicyclic) bond motifs is 1. The third kappa shape index (κ3) is 2.48. The van der Waals surface area contributed by atoms with E-state index in [1.807, 2.05) is 0 Å². The van der Waals surface area contributed by atoms with Crippen LogP contribution in [0.1, 0.15) is 32.6 Å². The molecule has 1 atom stereocenters. The third-order valence-electron chi connectivity index (χ3n) is 3.45. The average molecular weight is 238 g/mol. The van der Waals surface area contributed by atoms with Crippen LogP contribution in [0.2, 0.25) is 0 Å². The fourth-order valence-electron chi connectivity index (χ4n) is 2.57. The van der Waals surface area contributed by atoms with E-state index in [1.54, 1.807) is 16.7 Å². The van der Waals surface area contributed by atoms with Gasteiger partial charge in [0.15, 0.2) is 0 Å². The number of hydrogen-bond acceptors (Lipinski definition) is 3. The van der Waals surface area contributed by atoms with Crippen molar-refractivity contribution in [2.24, 2.45) is 0 Å². The Kier molecular flexibility index (Phi) is 3.45. The second kappa shape index (κ2) is 4.85. The van der Waals surface area contributed by atoms with Gasteiger partial charge in [0.05, 0.1) is 6.54 Å². The Morgan fingerprint density at radius 3 is 2.88 bits per heavy atom. The standard InChI is InChI=1S/C12H18N2O3/c1-9(15)4-2-6-13-8-11(16)14-7-3-5-10(14)12(13)17/h10H,2-8H2,1H3. The van der Waals surface area contributed by atoms with E-state index in [0.717, 1.165) is 19.4 Å². The summed E-state index contributed by atoms with van der Waals surface area (Å²) in [5.74, 6) is 0.240. The smallest absolute Gasteiger partial charge is 0.245 e. The molecule has 0 aromatic heterocycles. The molecule has 17 heavy (non-hydrogen) atoms. The quantitative estimate of drug-likeness (QED) is 0.702. The van der Waals surface area contributed by atoms with Crippen LogP contribution in [-0.4, -0.2) is 53.1 Å². The molecule has 2 aliphatic rings. The van der Waals surface area contributed by atoms with E-state index in [1.165, 1.54) is 0 Å². The van der Waals surface area contributed by atoms with Crippen LogP contribution in [0.15, 0.2) is 0 Å². The van der Waals surface area contributed by atoms with Crippen molar-refractivity contribution in [3.05, 3.63) is 0 Å². The lowest BCUT2D eigenvalue weighted by molar-refractivity contribution is -0.153. The second-order valence-corrected chi connectivity index (χ2v) is 4.81. The number of nitrogens with zero attached hydrogens (tertiary/aromatic N) is 2. The zero-order chi connectivity index (χ0) is 12.4. The van der Waals surface area contributed by atoms with Crippen LogP contribution < -0.4 is 0 Å². The van der Waals surface area contributed by atoms with Gasteiger partial charge in [0.25, 0.3) is 0 Å². The lowest BCUT2D eigenvalue weighted by atomic mass is 10.1. The van der Waals surface area contributed by atoms with Gasteiger partial charge in [0, 0.05) is 19.5 Å². The summed E-state index contributed by atoms with van der Waals surface area (Å²) in [6.45, 7) is 2.97. The van der Waals surface area contributed by atoms with Crippen molar-refractivity contribution in [1.82, 2.24) is 9.80 Å². The molecule has 5 nitrogen and oxygen atoms in total. The molecule has 2 rings (SSSR count). The van der Waals surface area contributed by atoms with E-state index in [9.17, 15) is 14.4 Å². The van der Waals surface area contributed by atoms with Crippen LogP contribution in [0, 0.1) is 0 Å². The molecule has 0 spiro atoms. The van der Waals surface area contributed by atoms with E-state index >= 15 is 0 Å². The maximum atomic E-state index is 12.1. The zero-order valence-electron chi connectivity index (χ0n) is 10.1. The minimum absolute atomic E-state index is 0.0509. The lowest BCUT2D eigenvalue weighted by Gasteiger charge is -2.36. The summed E-state index contributed by atoms with van der Waals surface area (Å²) in [6, 6.07) is -0.228. The molecule has 2 amide bonds. The lowest BCUT2D eigenvalue weighted by Crippen LogP contribution is -2.57. The fourth-order valence-corrected chi connectivity index (χ4v) is 2.57. The summed E-state index contributed by atoms with van der Waals surface area (Å²) in [5.41, 5.74) is 0. The number of carbonyl (C=O) groups is 3. The number of amides is 2. The topological polar surface area (TPSA) is 57.7 Å². The summed E-state index contributed by atoms with van der Waals surface area (Å²) < 4.78 is 0. The largest absolute Gasteiger partial charge is 0.332 e. The molecular weight excluding hydrogens is 220 g/mol. The monoisotopic (exact) mass is 238 g/mol. The highest BCUT2D eigenvalue weighted by atomic mass is 16.2. The predicted molar refractivity (Wildman–Crippen MR) is 61.2 cm³/mol. The van der Waals surface area contributed by atoms with Gasteiger partial charge in [-0.1, -0.05) is 0 Å². The van der Waals surface area contributed by atoms with Crippen LogP contribution in [0.4, 0.5) is 0 Å². The van der Waals surface area contributed by atoms with Crippen LogP contribution >= 0.6 is 0 Å². The number of piperazine rings is 1. The molecule has 0 aromatic rings. The van der Waals surface area contributed by atoms with Crippen molar-refractivity contribution >= 4 is 17.6 Å². The van der Waals surface area contributed by atoms with Gasteiger partial charge in [-0.2, -0.15) is 0 Å². The molecule has 2 aliphatic heterocycles. The molecule has 2 fully saturated rings. The maximum absolute atomic E-state index is 12.1. The van der Waals surface area contributed by atoms with Gasteiger partial charge in [-0.15, -0.1) is 0 Å². The number of Topliss-reactive ketones (excluding diaryl/α,β-unsaturated/α-hetero) is 1. The molecule has 0 radical (unpaired) electrons. The van der Waals surface area contributed by atoms with Gasteiger partial charge < -0.3 is 14.6 Å². The summed E-state index contributed by atoms with van der Waals surface area (Å²) in [4.78, 5) is 38.0. The Balaban J connectivity index is 1.92. The van der Waals surface area contributed by atoms with E-state index in [4.69, 9.17) is 0 Å². The number of ketones is 1. The van der Waals surface area contributed by atoms with E-state index < -0.39 is 0 Å². The molecular formula is C12H18N2O3. The van der Waals surface area contributed by atoms with E-state index in [2.05, 4.69) is 0 Å². The van der Waals surface area contributed by atoms with Crippen molar-refractivity contribution < 1.29 is 14.4 Å². The Labute approximate surface area is 101 Å². The first-order valence-corrected chi connectivity index (χ1v) is 6.17. The summed E-state index contributed by atoms with van der Waals surface area (Å²) in [7, 11) is 0. The van der Waals surface area contributed by atoms with Crippen molar-refractivity contribution in [3.8, 4) is 0 Å². The molecule has 0 aliphatic carbocycles. The van der Waals surface area contributed by atoms with Gasteiger partial charge in [0.1, 0.15) is 11.8 Å². The molecule has 2 heterocycles. The van der Waals surface area contributed by atoms with Gasteiger partial charge in [-0.05, 0) is 26.2 Å². The minimum Gasteiger partial charge on any atom is -0.332 e. The van der Waals surface area contributed by atoms with Gasteiger partial charge in [-0.3, -0.25) is 9.59 Å². The first kappa shape index (κ1) is 12.1. The van der Waals surface area contributed by atoms with Gasteiger partial charge >= 0.3 is 0 Å². The normalized spacial score (nSPS) is 24.2. The molecule has 0 N–H and O–H groups in total. The number of rotatable bonds is 4. The maximum Gasteiger partial charge on any atom is 0.245 e. The molecule has 0 bridgehead atoms. The van der Waals surface area contributed by atoms with Crippen LogP contribution in [0.3, 0.4) is 0 Å². The minimum atomic E-state index is -0.228. The Morgan fingerprint density at radius 1 is 1.41 bits per heavy atom. The van der Waals surface area contributed by atoms with Crippen molar-refractivity contribution in [2.75, 3.05) is 19.6 Å². The van der Waals surface area contributed by atoms with E-state index in [-0.39, 0.29) is 30.2 Å². The number of carbonyl (C=O) groups excluding carboxylic acids is 3. The molecule has 2 saturated heterocycles. The van der Waals surface area contributed by atoms with Crippen molar-refractivity contribution in [3.63, 3.8) is 0 Å². The summed E-state index contributed by atoms with van der Waals surface area (Å²) in [6.07, 6.45) is 2.84. The van der Waals surface area contributed by atoms with Crippen molar-refractivity contribution in [2.45, 2.75) is 38.6 Å². The van der Waals surface area contributed by atoms with Crippen LogP contribution in [-0.2, 0) is 14.4 Å². The first-order valence-electron chi connectivity index (χ1n) is 6.17. The average Bonchev–Trinajstić information content (AvgIpc) is 2.74. The third-order valence-corrected chi connectivity index (χ3v) is 3.45. The fraction of sp³-hybridized carbons (Fsp3) is 0.750. The molecule has 1 unspecified atom stereocenters. The van der Waals surface area contributed by atoms with Gasteiger partial charge in [0.2, 0.25) is 11.8 Å². The van der Waals surface area contributed by atoms with E-state index in [0.29, 0.717) is 19.4 Å². The van der Waals surface area contributed by atoms with Crippen LogP contribution in [0.25, 0.3) is 0 Å². The molecule has 5 heteroatoms. The number of hydrogen-bond donors (Lipinski definition) is 0. The SMILES string of the molecule is CC(=O)CCCN1CC(=O)N2CCCC2C1=O. The van der Waals surface area contributed by atoms with Gasteiger partial charge in [-0.25, -0.2) is 0 Å². The molecule has 0 saturated carbocycles. The highest BCUT2D eigenvalue weighted by Crippen LogP contribution is 2.23. The highest BCUT2D eigenvalue weighted by molar-refractivity contribution is 5.95. The Morgan fingerprint density at radius 2 is 2.18 bits per heavy atom. The highest BCUT2D eigenvalue weighted by Gasteiger charge is 2.41. The molecule has 94 valence electrons. The van der Waals surface area contributed by atoms with Crippen LogP contribution in [0.5, 0.6) is 0 Å². The first-order chi connectivity index (χ1) is 8.09. The predicted octanol–water partition coefficient (Wildman–Crippen LogP) is 0.189. The summed E-state index contributed by atoms with van der Waals surface area (Å²) in [5, 5.41) is 0. The van der Waals surface area contributed by atoms with Crippen molar-refractivity contribution in [1.29, 1.82) is 0 Å². The second-order valence-electron chi connectivity index (χ2n) is 4.81. The molecule has 0 aromatic carbocycles. The Bertz CT molecular complexity index is 354. The zero-order valence-corrected chi connectivity index (χ0v) is 10.1. The summed E-state index contributed by atoms with van der Waals surface area (Å²) >= 11 is 0.